The second-order valence-electron chi connectivity index (χ2n) is 8.77. The molecule has 0 aromatic heterocycles. The van der Waals surface area contributed by atoms with Crippen LogP contribution in [0.15, 0.2) is 18.2 Å². The first-order chi connectivity index (χ1) is 13.5. The molecular weight excluding hydrogens is 356 g/mol. The third-order valence-corrected chi connectivity index (χ3v) is 6.92. The first-order valence-corrected chi connectivity index (χ1v) is 10.2. The zero-order valence-electron chi connectivity index (χ0n) is 16.0. The average molecular weight is 382 g/mol. The molecule has 0 bridgehead atoms. The number of hydrogen-bond acceptors (Lipinski definition) is 5. The molecule has 1 aromatic carbocycles. The second kappa shape index (κ2) is 6.67. The summed E-state index contributed by atoms with van der Waals surface area (Å²) in [6.07, 6.45) is 3.18. The van der Waals surface area contributed by atoms with Crippen LogP contribution in [0, 0.1) is 5.41 Å². The minimum absolute atomic E-state index is 0.0931. The molecule has 4 aliphatic heterocycles. The Hall–Kier alpha value is -2.25. The number of fused-ring (bicyclic) bond motifs is 1. The summed E-state index contributed by atoms with van der Waals surface area (Å²) in [5.74, 6) is -0.705. The molecular formula is C21H26N4O3. The first kappa shape index (κ1) is 17.8. The standard InChI is InChI=1S/C21H26N4O3/c26-18-4-3-17(19(27)23-18)25-11-15-2-1-14(9-16(15)20(25)28)10-24-7-5-21(6-8-24)12-22-13-21/h1-2,9,17,22H,3-8,10-13H2,(H,23,26,27). The molecule has 1 unspecified atom stereocenters. The van der Waals surface area contributed by atoms with Gasteiger partial charge in [-0.2, -0.15) is 0 Å². The summed E-state index contributed by atoms with van der Waals surface area (Å²) in [7, 11) is 0. The SMILES string of the molecule is O=C1CCC(N2Cc3ccc(CN4CCC5(CC4)CNC5)cc3C2=O)C(=O)N1. The van der Waals surface area contributed by atoms with E-state index in [0.717, 1.165) is 43.9 Å². The van der Waals surface area contributed by atoms with E-state index in [-0.39, 0.29) is 24.1 Å². The predicted molar refractivity (Wildman–Crippen MR) is 102 cm³/mol. The van der Waals surface area contributed by atoms with Gasteiger partial charge in [0.2, 0.25) is 11.8 Å². The van der Waals surface area contributed by atoms with Gasteiger partial charge < -0.3 is 10.2 Å². The molecule has 2 N–H and O–H groups in total. The summed E-state index contributed by atoms with van der Waals surface area (Å²) in [5.41, 5.74) is 3.36. The van der Waals surface area contributed by atoms with E-state index < -0.39 is 6.04 Å². The Balaban J connectivity index is 1.26. The van der Waals surface area contributed by atoms with Crippen LogP contribution in [-0.4, -0.2) is 59.7 Å². The highest BCUT2D eigenvalue weighted by Gasteiger charge is 2.40. The maximum atomic E-state index is 12.9. The van der Waals surface area contributed by atoms with Gasteiger partial charge in [-0.25, -0.2) is 0 Å². The van der Waals surface area contributed by atoms with E-state index in [1.165, 1.54) is 12.8 Å². The molecule has 0 saturated carbocycles. The lowest BCUT2D eigenvalue weighted by molar-refractivity contribution is -0.136. The molecule has 148 valence electrons. The van der Waals surface area contributed by atoms with E-state index in [1.807, 2.05) is 12.1 Å². The van der Waals surface area contributed by atoms with Crippen molar-refractivity contribution in [2.75, 3.05) is 26.2 Å². The first-order valence-electron chi connectivity index (χ1n) is 10.2. The van der Waals surface area contributed by atoms with Gasteiger partial charge in [0.05, 0.1) is 0 Å². The predicted octanol–water partition coefficient (Wildman–Crippen LogP) is 0.633. The van der Waals surface area contributed by atoms with Crippen LogP contribution in [0.2, 0.25) is 0 Å². The third kappa shape index (κ3) is 3.02. The molecule has 3 amide bonds. The number of imide groups is 1. The molecule has 5 rings (SSSR count). The van der Waals surface area contributed by atoms with Crippen LogP contribution in [0.4, 0.5) is 0 Å². The van der Waals surface area contributed by atoms with Crippen molar-refractivity contribution in [2.45, 2.75) is 44.8 Å². The van der Waals surface area contributed by atoms with Crippen LogP contribution in [-0.2, 0) is 22.7 Å². The molecule has 0 aliphatic carbocycles. The summed E-state index contributed by atoms with van der Waals surface area (Å²) in [4.78, 5) is 40.6. The number of benzene rings is 1. The molecule has 4 aliphatic rings. The van der Waals surface area contributed by atoms with Crippen molar-refractivity contribution >= 4 is 17.7 Å². The number of likely N-dealkylation sites (tertiary alicyclic amines) is 1. The molecule has 1 aromatic rings. The minimum Gasteiger partial charge on any atom is -0.322 e. The summed E-state index contributed by atoms with van der Waals surface area (Å²) in [5, 5.41) is 5.75. The number of nitrogens with one attached hydrogen (secondary N) is 2. The van der Waals surface area contributed by atoms with Gasteiger partial charge in [0.1, 0.15) is 6.04 Å². The highest BCUT2D eigenvalue weighted by molar-refractivity contribution is 6.05. The van der Waals surface area contributed by atoms with Gasteiger partial charge in [0.25, 0.3) is 5.91 Å². The van der Waals surface area contributed by atoms with Gasteiger partial charge in [-0.05, 0) is 55.0 Å². The molecule has 28 heavy (non-hydrogen) atoms. The van der Waals surface area contributed by atoms with Gasteiger partial charge in [0.15, 0.2) is 0 Å². The fourth-order valence-corrected chi connectivity index (χ4v) is 4.98. The molecule has 3 saturated heterocycles. The zero-order valence-corrected chi connectivity index (χ0v) is 16.0. The van der Waals surface area contributed by atoms with E-state index in [4.69, 9.17) is 0 Å². The van der Waals surface area contributed by atoms with Crippen molar-refractivity contribution in [3.63, 3.8) is 0 Å². The van der Waals surface area contributed by atoms with Gasteiger partial charge in [-0.1, -0.05) is 12.1 Å². The average Bonchev–Trinajstić information content (AvgIpc) is 2.97. The van der Waals surface area contributed by atoms with Gasteiger partial charge in [0, 0.05) is 38.2 Å². The topological polar surface area (TPSA) is 81.8 Å². The van der Waals surface area contributed by atoms with Crippen molar-refractivity contribution in [1.82, 2.24) is 20.4 Å². The fourth-order valence-electron chi connectivity index (χ4n) is 4.98. The molecule has 3 fully saturated rings. The van der Waals surface area contributed by atoms with E-state index in [9.17, 15) is 14.4 Å². The normalized spacial score (nSPS) is 26.9. The van der Waals surface area contributed by atoms with E-state index in [0.29, 0.717) is 23.9 Å². The highest BCUT2D eigenvalue weighted by atomic mass is 16.2. The molecule has 7 nitrogen and oxygen atoms in total. The number of amides is 3. The van der Waals surface area contributed by atoms with E-state index in [2.05, 4.69) is 21.6 Å². The Labute approximate surface area is 164 Å². The number of carbonyl (C=O) groups excluding carboxylic acids is 3. The summed E-state index contributed by atoms with van der Waals surface area (Å²) in [6.45, 7) is 5.83. The molecule has 1 atom stereocenters. The Kier molecular flexibility index (Phi) is 4.25. The van der Waals surface area contributed by atoms with Crippen molar-refractivity contribution in [3.8, 4) is 0 Å². The maximum Gasteiger partial charge on any atom is 0.255 e. The van der Waals surface area contributed by atoms with Crippen molar-refractivity contribution in [1.29, 1.82) is 0 Å². The quantitative estimate of drug-likeness (QED) is 0.750. The fraction of sp³-hybridized carbons (Fsp3) is 0.571. The monoisotopic (exact) mass is 382 g/mol. The smallest absolute Gasteiger partial charge is 0.255 e. The summed E-state index contributed by atoms with van der Waals surface area (Å²) >= 11 is 0. The van der Waals surface area contributed by atoms with Gasteiger partial charge in [-0.3, -0.25) is 24.6 Å². The Morgan fingerprint density at radius 3 is 2.57 bits per heavy atom. The van der Waals surface area contributed by atoms with Crippen LogP contribution < -0.4 is 10.6 Å². The largest absolute Gasteiger partial charge is 0.322 e. The maximum absolute atomic E-state index is 12.9. The highest BCUT2D eigenvalue weighted by Crippen LogP contribution is 2.35. The lowest BCUT2D eigenvalue weighted by Crippen LogP contribution is -2.58. The van der Waals surface area contributed by atoms with E-state index >= 15 is 0 Å². The van der Waals surface area contributed by atoms with Crippen LogP contribution in [0.25, 0.3) is 0 Å². The van der Waals surface area contributed by atoms with Crippen LogP contribution in [0.3, 0.4) is 0 Å². The number of nitrogens with zero attached hydrogens (tertiary/aromatic N) is 2. The van der Waals surface area contributed by atoms with Gasteiger partial charge >= 0.3 is 0 Å². The van der Waals surface area contributed by atoms with Crippen LogP contribution in [0.1, 0.15) is 47.2 Å². The summed E-state index contributed by atoms with van der Waals surface area (Å²) < 4.78 is 0. The van der Waals surface area contributed by atoms with Crippen molar-refractivity contribution < 1.29 is 14.4 Å². The lowest BCUT2D eigenvalue weighted by Gasteiger charge is -2.48. The molecule has 0 radical (unpaired) electrons. The van der Waals surface area contributed by atoms with Crippen LogP contribution in [0.5, 0.6) is 0 Å². The third-order valence-electron chi connectivity index (χ3n) is 6.92. The number of hydrogen-bond donors (Lipinski definition) is 2. The Morgan fingerprint density at radius 2 is 1.89 bits per heavy atom. The second-order valence-corrected chi connectivity index (χ2v) is 8.77. The Morgan fingerprint density at radius 1 is 1.11 bits per heavy atom. The van der Waals surface area contributed by atoms with E-state index in [1.54, 1.807) is 4.90 Å². The Bertz CT molecular complexity index is 838. The zero-order chi connectivity index (χ0) is 19.3. The molecule has 4 heterocycles. The number of carbonyl (C=O) groups is 3. The number of piperidine rings is 2. The summed E-state index contributed by atoms with van der Waals surface area (Å²) in [6, 6.07) is 5.58. The van der Waals surface area contributed by atoms with Crippen LogP contribution >= 0.6 is 0 Å². The molecule has 7 heteroatoms. The van der Waals surface area contributed by atoms with Crippen molar-refractivity contribution in [2.24, 2.45) is 5.41 Å². The number of rotatable bonds is 3. The minimum atomic E-state index is -0.546. The molecule has 1 spiro atoms. The van der Waals surface area contributed by atoms with Gasteiger partial charge in [-0.15, -0.1) is 0 Å². The lowest BCUT2D eigenvalue weighted by atomic mass is 9.73. The van der Waals surface area contributed by atoms with Crippen molar-refractivity contribution in [3.05, 3.63) is 34.9 Å².